The number of benzene rings is 1. The van der Waals surface area contributed by atoms with Gasteiger partial charge in [0.25, 0.3) is 0 Å². The van der Waals surface area contributed by atoms with Crippen LogP contribution >= 0.6 is 15.9 Å². The number of rotatable bonds is 3. The van der Waals surface area contributed by atoms with Crippen LogP contribution in [0.2, 0.25) is 0 Å². The molecule has 3 aromatic rings. The van der Waals surface area contributed by atoms with Crippen molar-refractivity contribution in [2.75, 3.05) is 6.61 Å². The van der Waals surface area contributed by atoms with Crippen molar-refractivity contribution in [3.05, 3.63) is 53.0 Å². The maximum Gasteiger partial charge on any atom is 0.357 e. The Morgan fingerprint density at radius 1 is 1.33 bits per heavy atom. The van der Waals surface area contributed by atoms with Gasteiger partial charge in [0.05, 0.1) is 11.1 Å². The van der Waals surface area contributed by atoms with Crippen LogP contribution in [-0.4, -0.2) is 26.9 Å². The first kappa shape index (κ1) is 13.8. The van der Waals surface area contributed by atoms with Gasteiger partial charge in [0.15, 0.2) is 11.3 Å². The molecule has 0 aliphatic carbocycles. The second-order valence-corrected chi connectivity index (χ2v) is 5.19. The molecule has 0 amide bonds. The number of carbonyl (C=O) groups is 1. The first-order valence-electron chi connectivity index (χ1n) is 6.46. The summed E-state index contributed by atoms with van der Waals surface area (Å²) in [6, 6.07) is 9.54. The largest absolute Gasteiger partial charge is 0.461 e. The highest BCUT2D eigenvalue weighted by atomic mass is 79.9. The van der Waals surface area contributed by atoms with Crippen molar-refractivity contribution in [2.45, 2.75) is 6.92 Å². The molecule has 2 heterocycles. The standard InChI is InChI=1S/C15H12BrN3O2/c1-2-21-15(20)13-12(10-6-4-3-5-7-10)18-14-11(16)8-17-9-19(13)14/h3-9H,2H2,1H3. The number of fused-ring (bicyclic) bond motifs is 1. The number of imidazole rings is 1. The molecule has 0 N–H and O–H groups in total. The maximum atomic E-state index is 12.3. The smallest absolute Gasteiger partial charge is 0.357 e. The first-order chi connectivity index (χ1) is 10.2. The van der Waals surface area contributed by atoms with Crippen molar-refractivity contribution in [3.8, 4) is 11.3 Å². The number of carbonyl (C=O) groups excluding carboxylic acids is 1. The number of aromatic nitrogens is 3. The minimum Gasteiger partial charge on any atom is -0.461 e. The highest BCUT2D eigenvalue weighted by molar-refractivity contribution is 9.10. The summed E-state index contributed by atoms with van der Waals surface area (Å²) < 4.78 is 7.52. The molecule has 0 saturated heterocycles. The zero-order valence-corrected chi connectivity index (χ0v) is 12.9. The topological polar surface area (TPSA) is 56.5 Å². The van der Waals surface area contributed by atoms with E-state index in [1.807, 2.05) is 30.3 Å². The Morgan fingerprint density at radius 3 is 2.81 bits per heavy atom. The average molecular weight is 346 g/mol. The molecule has 0 spiro atoms. The predicted octanol–water partition coefficient (Wildman–Crippen LogP) is 3.34. The molecule has 2 aromatic heterocycles. The van der Waals surface area contributed by atoms with E-state index in [2.05, 4.69) is 25.9 Å². The molecule has 0 unspecified atom stereocenters. The van der Waals surface area contributed by atoms with Crippen LogP contribution in [0.25, 0.3) is 16.9 Å². The van der Waals surface area contributed by atoms with Crippen LogP contribution in [0, 0.1) is 0 Å². The van der Waals surface area contributed by atoms with Gasteiger partial charge in [-0.2, -0.15) is 0 Å². The number of esters is 1. The van der Waals surface area contributed by atoms with E-state index in [9.17, 15) is 4.79 Å². The fourth-order valence-electron chi connectivity index (χ4n) is 2.13. The summed E-state index contributed by atoms with van der Waals surface area (Å²) in [7, 11) is 0. The molecule has 6 heteroatoms. The van der Waals surface area contributed by atoms with Crippen molar-refractivity contribution in [1.82, 2.24) is 14.4 Å². The molecule has 5 nitrogen and oxygen atoms in total. The summed E-state index contributed by atoms with van der Waals surface area (Å²) >= 11 is 3.41. The molecule has 0 atom stereocenters. The Bertz CT molecular complexity index is 799. The van der Waals surface area contributed by atoms with E-state index >= 15 is 0 Å². The summed E-state index contributed by atoms with van der Waals surface area (Å²) in [5.41, 5.74) is 2.46. The summed E-state index contributed by atoms with van der Waals surface area (Å²) in [6.45, 7) is 2.08. The van der Waals surface area contributed by atoms with Gasteiger partial charge in [-0.25, -0.2) is 14.8 Å². The second-order valence-electron chi connectivity index (χ2n) is 4.33. The molecule has 3 rings (SSSR count). The molecule has 0 fully saturated rings. The number of nitrogens with zero attached hydrogens (tertiary/aromatic N) is 3. The molecular weight excluding hydrogens is 334 g/mol. The van der Waals surface area contributed by atoms with Crippen molar-refractivity contribution in [1.29, 1.82) is 0 Å². The number of hydrogen-bond acceptors (Lipinski definition) is 4. The lowest BCUT2D eigenvalue weighted by molar-refractivity contribution is 0.0519. The summed E-state index contributed by atoms with van der Waals surface area (Å²) in [4.78, 5) is 21.0. The maximum absolute atomic E-state index is 12.3. The van der Waals surface area contributed by atoms with Crippen molar-refractivity contribution in [2.24, 2.45) is 0 Å². The molecule has 0 bridgehead atoms. The third-order valence-electron chi connectivity index (χ3n) is 3.01. The van der Waals surface area contributed by atoms with Gasteiger partial charge in [-0.15, -0.1) is 0 Å². The molecule has 21 heavy (non-hydrogen) atoms. The van der Waals surface area contributed by atoms with Gasteiger partial charge in [0.1, 0.15) is 12.0 Å². The monoisotopic (exact) mass is 345 g/mol. The third kappa shape index (κ3) is 2.42. The van der Waals surface area contributed by atoms with Gasteiger partial charge in [-0.1, -0.05) is 30.3 Å². The third-order valence-corrected chi connectivity index (χ3v) is 3.57. The lowest BCUT2D eigenvalue weighted by atomic mass is 10.1. The Hall–Kier alpha value is -2.21. The normalized spacial score (nSPS) is 10.8. The predicted molar refractivity (Wildman–Crippen MR) is 82.1 cm³/mol. The number of hydrogen-bond donors (Lipinski definition) is 0. The van der Waals surface area contributed by atoms with Crippen LogP contribution in [0.5, 0.6) is 0 Å². The van der Waals surface area contributed by atoms with E-state index in [0.29, 0.717) is 23.6 Å². The van der Waals surface area contributed by atoms with Crippen LogP contribution in [0.1, 0.15) is 17.4 Å². The lowest BCUT2D eigenvalue weighted by Gasteiger charge is -2.04. The summed E-state index contributed by atoms with van der Waals surface area (Å²) in [5, 5.41) is 0. The van der Waals surface area contributed by atoms with E-state index in [1.165, 1.54) is 0 Å². The fraction of sp³-hybridized carbons (Fsp3) is 0.133. The van der Waals surface area contributed by atoms with E-state index in [-0.39, 0.29) is 0 Å². The molecule has 0 saturated carbocycles. The SMILES string of the molecule is CCOC(=O)c1c(-c2ccccc2)nc2c(Br)cncn12. The van der Waals surface area contributed by atoms with Gasteiger partial charge >= 0.3 is 5.97 Å². The van der Waals surface area contributed by atoms with E-state index < -0.39 is 5.97 Å². The average Bonchev–Trinajstić information content (AvgIpc) is 2.89. The minimum absolute atomic E-state index is 0.307. The number of ether oxygens (including phenoxy) is 1. The quantitative estimate of drug-likeness (QED) is 0.683. The molecule has 0 aliphatic rings. The Labute approximate surface area is 129 Å². The zero-order valence-electron chi connectivity index (χ0n) is 11.3. The van der Waals surface area contributed by atoms with Gasteiger partial charge in [-0.3, -0.25) is 4.40 Å². The van der Waals surface area contributed by atoms with Gasteiger partial charge in [-0.05, 0) is 22.9 Å². The second kappa shape index (κ2) is 5.65. The van der Waals surface area contributed by atoms with E-state index in [0.717, 1.165) is 10.0 Å². The fourth-order valence-corrected chi connectivity index (χ4v) is 2.53. The Kier molecular flexibility index (Phi) is 3.70. The highest BCUT2D eigenvalue weighted by Gasteiger charge is 2.22. The molecular formula is C15H12BrN3O2. The van der Waals surface area contributed by atoms with E-state index in [1.54, 1.807) is 23.8 Å². The minimum atomic E-state index is -0.413. The molecule has 0 aliphatic heterocycles. The van der Waals surface area contributed by atoms with Crippen molar-refractivity contribution >= 4 is 27.5 Å². The van der Waals surface area contributed by atoms with Crippen molar-refractivity contribution in [3.63, 3.8) is 0 Å². The summed E-state index contributed by atoms with van der Waals surface area (Å²) in [5.74, 6) is -0.413. The van der Waals surface area contributed by atoms with Crippen LogP contribution in [0.3, 0.4) is 0 Å². The first-order valence-corrected chi connectivity index (χ1v) is 7.25. The van der Waals surface area contributed by atoms with Crippen LogP contribution in [0.4, 0.5) is 0 Å². The van der Waals surface area contributed by atoms with Crippen molar-refractivity contribution < 1.29 is 9.53 Å². The van der Waals surface area contributed by atoms with E-state index in [4.69, 9.17) is 4.74 Å². The Morgan fingerprint density at radius 2 is 2.10 bits per heavy atom. The lowest BCUT2D eigenvalue weighted by Crippen LogP contribution is -2.09. The summed E-state index contributed by atoms with van der Waals surface area (Å²) in [6.07, 6.45) is 3.21. The molecule has 1 aromatic carbocycles. The zero-order chi connectivity index (χ0) is 14.8. The van der Waals surface area contributed by atoms with Gasteiger partial charge in [0.2, 0.25) is 0 Å². The van der Waals surface area contributed by atoms with Crippen LogP contribution in [0.15, 0.2) is 47.3 Å². The molecule has 0 radical (unpaired) electrons. The van der Waals surface area contributed by atoms with Crippen LogP contribution < -0.4 is 0 Å². The Balaban J connectivity index is 2.30. The molecule has 106 valence electrons. The van der Waals surface area contributed by atoms with Crippen LogP contribution in [-0.2, 0) is 4.74 Å². The van der Waals surface area contributed by atoms with Gasteiger partial charge in [0, 0.05) is 11.8 Å². The van der Waals surface area contributed by atoms with Gasteiger partial charge < -0.3 is 4.74 Å². The number of halogens is 1. The highest BCUT2D eigenvalue weighted by Crippen LogP contribution is 2.27.